The number of hydrogen-bond acceptors (Lipinski definition) is 2. The number of aromatic nitrogens is 2. The van der Waals surface area contributed by atoms with Crippen LogP contribution in [0.3, 0.4) is 0 Å². The lowest BCUT2D eigenvalue weighted by Gasteiger charge is -2.12. The van der Waals surface area contributed by atoms with Crippen molar-refractivity contribution in [3.63, 3.8) is 0 Å². The molecular formula is C12H17IN3O2+. The fourth-order valence-electron chi connectivity index (χ4n) is 2.22. The lowest BCUT2D eigenvalue weighted by atomic mass is 10.1. The third-order valence-electron chi connectivity index (χ3n) is 3.61. The summed E-state index contributed by atoms with van der Waals surface area (Å²) in [5.41, 5.74) is 0. The van der Waals surface area contributed by atoms with Crippen LogP contribution >= 0.6 is 22.6 Å². The molecule has 2 rings (SSSR count). The van der Waals surface area contributed by atoms with Crippen molar-refractivity contribution in [2.45, 2.75) is 24.2 Å². The summed E-state index contributed by atoms with van der Waals surface area (Å²) in [5, 5.41) is 0. The Labute approximate surface area is 120 Å². The second kappa shape index (κ2) is 4.64. The second-order valence-electron chi connectivity index (χ2n) is 4.76. The highest BCUT2D eigenvalue weighted by Gasteiger charge is 2.44. The molecule has 6 heteroatoms. The number of amides is 2. The summed E-state index contributed by atoms with van der Waals surface area (Å²) in [6.45, 7) is 3.92. The molecule has 1 fully saturated rings. The van der Waals surface area contributed by atoms with Gasteiger partial charge in [-0.2, -0.15) is 0 Å². The van der Waals surface area contributed by atoms with Crippen LogP contribution in [0.2, 0.25) is 0 Å². The summed E-state index contributed by atoms with van der Waals surface area (Å²) in [7, 11) is 3.77. The van der Waals surface area contributed by atoms with Crippen molar-refractivity contribution < 1.29 is 14.2 Å². The molecule has 0 radical (unpaired) electrons. The number of rotatable bonds is 2. The van der Waals surface area contributed by atoms with Gasteiger partial charge in [-0.3, -0.25) is 9.59 Å². The van der Waals surface area contributed by atoms with E-state index in [1.54, 1.807) is 0 Å². The Morgan fingerprint density at radius 1 is 1.50 bits per heavy atom. The molecule has 1 aromatic rings. The Morgan fingerprint density at radius 2 is 2.11 bits per heavy atom. The first-order chi connectivity index (χ1) is 8.34. The molecule has 2 atom stereocenters. The Balaban J connectivity index is 2.42. The largest absolute Gasteiger partial charge is 0.274 e. The first-order valence-corrected chi connectivity index (χ1v) is 7.12. The van der Waals surface area contributed by atoms with E-state index in [9.17, 15) is 9.59 Å². The minimum atomic E-state index is -0.196. The molecule has 2 heterocycles. The molecular weight excluding hydrogens is 345 g/mol. The van der Waals surface area contributed by atoms with Gasteiger partial charge in [-0.05, 0) is 0 Å². The van der Waals surface area contributed by atoms with Crippen LogP contribution in [-0.4, -0.2) is 20.3 Å². The number of nitrogens with zero attached hydrogens (tertiary/aromatic N) is 3. The van der Waals surface area contributed by atoms with E-state index in [1.807, 2.05) is 43.3 Å². The Bertz CT molecular complexity index is 522. The Morgan fingerprint density at radius 3 is 2.50 bits per heavy atom. The maximum Gasteiger partial charge on any atom is 0.254 e. The number of halogens is 1. The number of alkyl halides is 1. The van der Waals surface area contributed by atoms with Crippen molar-refractivity contribution in [2.75, 3.05) is 4.90 Å². The van der Waals surface area contributed by atoms with Crippen molar-refractivity contribution in [3.05, 3.63) is 12.0 Å². The third-order valence-corrected chi connectivity index (χ3v) is 4.48. The summed E-state index contributed by atoms with van der Waals surface area (Å²) in [5.74, 6) is 1.28. The predicted octanol–water partition coefficient (Wildman–Crippen LogP) is 0.861. The topological polar surface area (TPSA) is 46.2 Å². The van der Waals surface area contributed by atoms with Gasteiger partial charge in [0.05, 0.1) is 20.0 Å². The van der Waals surface area contributed by atoms with E-state index in [4.69, 9.17) is 0 Å². The van der Waals surface area contributed by atoms with E-state index in [0.29, 0.717) is 12.2 Å². The molecule has 0 saturated carbocycles. The van der Waals surface area contributed by atoms with Crippen LogP contribution in [0.15, 0.2) is 6.20 Å². The number of anilines is 1. The van der Waals surface area contributed by atoms with Gasteiger partial charge in [0.15, 0.2) is 6.20 Å². The first kappa shape index (κ1) is 13.5. The van der Waals surface area contributed by atoms with Crippen molar-refractivity contribution in [1.82, 2.24) is 4.57 Å². The van der Waals surface area contributed by atoms with Gasteiger partial charge in [0.2, 0.25) is 11.8 Å². The van der Waals surface area contributed by atoms with Crippen molar-refractivity contribution in [1.29, 1.82) is 0 Å². The molecule has 0 bridgehead atoms. The van der Waals surface area contributed by atoms with Gasteiger partial charge < -0.3 is 0 Å². The molecule has 1 saturated heterocycles. The molecule has 0 spiro atoms. The third kappa shape index (κ3) is 1.96. The van der Waals surface area contributed by atoms with Crippen LogP contribution in [0.5, 0.6) is 0 Å². The zero-order valence-corrected chi connectivity index (χ0v) is 13.1. The summed E-state index contributed by atoms with van der Waals surface area (Å²) < 4.78 is 3.95. The molecule has 2 unspecified atom stereocenters. The second-order valence-corrected chi connectivity index (χ2v) is 6.72. The molecule has 1 aliphatic rings. The molecule has 0 aromatic carbocycles. The van der Waals surface area contributed by atoms with Crippen molar-refractivity contribution in [3.8, 4) is 0 Å². The molecule has 2 amide bonds. The van der Waals surface area contributed by atoms with E-state index < -0.39 is 0 Å². The Kier molecular flexibility index (Phi) is 3.48. The van der Waals surface area contributed by atoms with Gasteiger partial charge in [-0.25, -0.2) is 14.0 Å². The molecule has 5 nitrogen and oxygen atoms in total. The van der Waals surface area contributed by atoms with Gasteiger partial charge >= 0.3 is 0 Å². The zero-order chi connectivity index (χ0) is 13.6. The van der Waals surface area contributed by atoms with Crippen LogP contribution in [0, 0.1) is 12.8 Å². The molecule has 18 heavy (non-hydrogen) atoms. The van der Waals surface area contributed by atoms with E-state index in [-0.39, 0.29) is 21.7 Å². The van der Waals surface area contributed by atoms with E-state index in [2.05, 4.69) is 22.6 Å². The predicted molar refractivity (Wildman–Crippen MR) is 75.4 cm³/mol. The number of hydrogen-bond donors (Lipinski definition) is 0. The molecule has 0 N–H and O–H groups in total. The lowest BCUT2D eigenvalue weighted by Crippen LogP contribution is -2.33. The molecule has 98 valence electrons. The van der Waals surface area contributed by atoms with Gasteiger partial charge in [-0.15, -0.1) is 0 Å². The van der Waals surface area contributed by atoms with Gasteiger partial charge in [-0.1, -0.05) is 29.5 Å². The van der Waals surface area contributed by atoms with E-state index >= 15 is 0 Å². The summed E-state index contributed by atoms with van der Waals surface area (Å²) in [6.07, 6.45) is 2.14. The summed E-state index contributed by atoms with van der Waals surface area (Å²) in [4.78, 5) is 25.7. The number of aryl methyl sites for hydroxylation is 1. The van der Waals surface area contributed by atoms with Crippen LogP contribution in [0.25, 0.3) is 0 Å². The zero-order valence-electron chi connectivity index (χ0n) is 11.0. The Hall–Kier alpha value is -0.920. The number of imide groups is 1. The molecule has 0 aliphatic carbocycles. The van der Waals surface area contributed by atoms with E-state index in [0.717, 1.165) is 5.82 Å². The average Bonchev–Trinajstić information content (AvgIpc) is 2.71. The van der Waals surface area contributed by atoms with Crippen LogP contribution in [-0.2, 0) is 23.7 Å². The average molecular weight is 362 g/mol. The van der Waals surface area contributed by atoms with Gasteiger partial charge in [0.25, 0.3) is 11.6 Å². The number of carbonyl (C=O) groups excluding carboxylic acids is 2. The fraction of sp³-hybridized carbons (Fsp3) is 0.583. The molecule has 1 aliphatic heterocycles. The smallest absolute Gasteiger partial charge is 0.254 e. The molecule has 1 aromatic heterocycles. The van der Waals surface area contributed by atoms with Crippen LogP contribution in [0.1, 0.15) is 19.2 Å². The van der Waals surface area contributed by atoms with Crippen LogP contribution in [0.4, 0.5) is 5.82 Å². The quantitative estimate of drug-likeness (QED) is 0.339. The highest BCUT2D eigenvalue weighted by Crippen LogP contribution is 2.30. The maximum absolute atomic E-state index is 12.3. The number of carbonyl (C=O) groups is 2. The minimum Gasteiger partial charge on any atom is -0.274 e. The SMILES string of the molecule is Cc1n(C)c(N2C(=O)CC(C(C)I)C2=O)c[n+]1C. The highest BCUT2D eigenvalue weighted by molar-refractivity contribution is 14.1. The van der Waals surface area contributed by atoms with Gasteiger partial charge in [0.1, 0.15) is 0 Å². The summed E-state index contributed by atoms with van der Waals surface area (Å²) in [6, 6.07) is 0. The first-order valence-electron chi connectivity index (χ1n) is 5.87. The van der Waals surface area contributed by atoms with Crippen LogP contribution < -0.4 is 9.47 Å². The highest BCUT2D eigenvalue weighted by atomic mass is 127. The summed E-state index contributed by atoms with van der Waals surface area (Å²) >= 11 is 2.21. The van der Waals surface area contributed by atoms with Crippen molar-refractivity contribution in [2.24, 2.45) is 20.0 Å². The van der Waals surface area contributed by atoms with E-state index in [1.165, 1.54) is 4.90 Å². The van der Waals surface area contributed by atoms with Crippen molar-refractivity contribution >= 4 is 40.2 Å². The maximum atomic E-state index is 12.3. The fourth-order valence-corrected chi connectivity index (χ4v) is 2.78. The number of imidazole rings is 1. The lowest BCUT2D eigenvalue weighted by molar-refractivity contribution is -0.677. The van der Waals surface area contributed by atoms with Gasteiger partial charge in [0, 0.05) is 17.3 Å². The normalized spacial score (nSPS) is 21.8. The standard InChI is InChI=1S/C12H17IN3O2/c1-7(13)9-5-11(17)16(12(9)18)10-6-14(3)8(2)15(10)4/h6-7,9H,5H2,1-4H3/q+1. The monoisotopic (exact) mass is 362 g/mol. The minimum absolute atomic E-state index is 0.0805.